The van der Waals surface area contributed by atoms with E-state index < -0.39 is 19.9 Å². The van der Waals surface area contributed by atoms with E-state index >= 15 is 0 Å². The van der Waals surface area contributed by atoms with Crippen LogP contribution in [0.3, 0.4) is 0 Å². The van der Waals surface area contributed by atoms with Crippen molar-refractivity contribution < 1.29 is 33.0 Å². The van der Waals surface area contributed by atoms with Crippen LogP contribution in [-0.4, -0.2) is 36.6 Å². The maximum atomic E-state index is 11.3. The third kappa shape index (κ3) is 8.98. The van der Waals surface area contributed by atoms with Crippen LogP contribution in [0.15, 0.2) is 0 Å². The van der Waals surface area contributed by atoms with E-state index in [-0.39, 0.29) is 31.6 Å². The van der Waals surface area contributed by atoms with E-state index in [0.717, 1.165) is 0 Å². The topological polar surface area (TPSA) is 91.3 Å². The SMILES string of the molecule is CCC[PH](O)(OCOC(=O)C(C)C)OCOC(=O)C(C)C. The van der Waals surface area contributed by atoms with Crippen LogP contribution < -0.4 is 0 Å². The molecule has 0 saturated heterocycles. The van der Waals surface area contributed by atoms with E-state index in [2.05, 4.69) is 0 Å². The molecule has 8 heteroatoms. The molecule has 7 nitrogen and oxygen atoms in total. The first kappa shape index (κ1) is 20.2. The molecule has 0 fully saturated rings. The fourth-order valence-corrected chi connectivity index (χ4v) is 2.68. The van der Waals surface area contributed by atoms with E-state index in [4.69, 9.17) is 18.5 Å². The van der Waals surface area contributed by atoms with Crippen molar-refractivity contribution in [2.75, 3.05) is 19.7 Å². The van der Waals surface area contributed by atoms with Gasteiger partial charge in [0.05, 0.1) is 0 Å². The predicted octanol–water partition coefficient (Wildman–Crippen LogP) is 2.23. The normalized spacial score (nSPS) is 12.6. The molecule has 0 spiro atoms. The second-order valence-electron chi connectivity index (χ2n) is 5.22. The first-order valence-corrected chi connectivity index (χ1v) is 9.02. The molecule has 0 aromatic heterocycles. The zero-order valence-corrected chi connectivity index (χ0v) is 14.4. The summed E-state index contributed by atoms with van der Waals surface area (Å²) in [5, 5.41) is 0. The summed E-state index contributed by atoms with van der Waals surface area (Å²) in [5.74, 6) is -1.40. The van der Waals surface area contributed by atoms with Crippen LogP contribution in [0.1, 0.15) is 41.0 Å². The molecule has 0 aromatic rings. The number of hydrogen-bond donors (Lipinski definition) is 1. The Morgan fingerprint density at radius 3 is 1.62 bits per heavy atom. The van der Waals surface area contributed by atoms with Crippen molar-refractivity contribution in [3.8, 4) is 0 Å². The van der Waals surface area contributed by atoms with Gasteiger partial charge in [-0.3, -0.25) is 0 Å². The van der Waals surface area contributed by atoms with Gasteiger partial charge in [-0.05, 0) is 0 Å². The van der Waals surface area contributed by atoms with Crippen LogP contribution in [0.2, 0.25) is 0 Å². The molecular formula is C13H27O7P. The first-order chi connectivity index (χ1) is 9.72. The Bertz CT molecular complexity index is 304. The third-order valence-electron chi connectivity index (χ3n) is 2.48. The standard InChI is InChI=1S/C13H27O7P/c1-6-7-21(16,19-8-17-12(14)10(2)3)20-9-18-13(15)11(4)5/h10-11,16,21H,6-9H2,1-5H3. The predicted molar refractivity (Wildman–Crippen MR) is 79.5 cm³/mol. The average molecular weight is 326 g/mol. The van der Waals surface area contributed by atoms with Gasteiger partial charge < -0.3 is 0 Å². The van der Waals surface area contributed by atoms with Gasteiger partial charge >= 0.3 is 126 Å². The molecule has 0 unspecified atom stereocenters. The van der Waals surface area contributed by atoms with Crippen LogP contribution >= 0.6 is 7.94 Å². The molecule has 0 rings (SSSR count). The van der Waals surface area contributed by atoms with Crippen molar-refractivity contribution in [1.82, 2.24) is 0 Å². The van der Waals surface area contributed by atoms with Gasteiger partial charge in [0.15, 0.2) is 0 Å². The van der Waals surface area contributed by atoms with Crippen molar-refractivity contribution in [3.05, 3.63) is 0 Å². The van der Waals surface area contributed by atoms with Gasteiger partial charge in [0.2, 0.25) is 0 Å². The number of carbonyl (C=O) groups is 2. The number of ether oxygens (including phenoxy) is 2. The Hall–Kier alpha value is -0.750. The molecule has 0 aliphatic rings. The van der Waals surface area contributed by atoms with Crippen LogP contribution in [0.4, 0.5) is 0 Å². The summed E-state index contributed by atoms with van der Waals surface area (Å²) < 4.78 is 20.0. The zero-order chi connectivity index (χ0) is 16.5. The summed E-state index contributed by atoms with van der Waals surface area (Å²) in [6.45, 7) is 7.88. The van der Waals surface area contributed by atoms with Gasteiger partial charge in [-0.25, -0.2) is 0 Å². The summed E-state index contributed by atoms with van der Waals surface area (Å²) >= 11 is 0. The summed E-state index contributed by atoms with van der Waals surface area (Å²) in [7, 11) is -3.51. The van der Waals surface area contributed by atoms with Gasteiger partial charge in [0, 0.05) is 0 Å². The molecule has 0 aromatic carbocycles. The molecule has 0 radical (unpaired) electrons. The van der Waals surface area contributed by atoms with Gasteiger partial charge in [0.25, 0.3) is 0 Å². The Morgan fingerprint density at radius 1 is 0.952 bits per heavy atom. The number of rotatable bonds is 10. The minimum absolute atomic E-state index is 0.276. The molecule has 0 aliphatic heterocycles. The van der Waals surface area contributed by atoms with Gasteiger partial charge in [-0.15, -0.1) is 0 Å². The zero-order valence-electron chi connectivity index (χ0n) is 13.4. The second-order valence-corrected chi connectivity index (χ2v) is 7.73. The molecule has 0 amide bonds. The first-order valence-electron chi connectivity index (χ1n) is 7.05. The molecule has 0 bridgehead atoms. The van der Waals surface area contributed by atoms with Crippen molar-refractivity contribution in [3.63, 3.8) is 0 Å². The number of carbonyl (C=O) groups excluding carboxylic acids is 2. The molecule has 0 atom stereocenters. The maximum absolute atomic E-state index is 11.3. The molecule has 126 valence electrons. The second kappa shape index (κ2) is 10.1. The molecule has 1 N–H and O–H groups in total. The average Bonchev–Trinajstić information content (AvgIpc) is 2.38. The molecule has 21 heavy (non-hydrogen) atoms. The van der Waals surface area contributed by atoms with Gasteiger partial charge in [-0.2, -0.15) is 0 Å². The van der Waals surface area contributed by atoms with Crippen molar-refractivity contribution >= 4 is 19.9 Å². The van der Waals surface area contributed by atoms with Crippen LogP contribution in [0.25, 0.3) is 0 Å². The van der Waals surface area contributed by atoms with Crippen molar-refractivity contribution in [1.29, 1.82) is 0 Å². The Kier molecular flexibility index (Phi) is 9.70. The van der Waals surface area contributed by atoms with E-state index in [0.29, 0.717) is 6.42 Å². The van der Waals surface area contributed by atoms with Crippen LogP contribution in [0.5, 0.6) is 0 Å². The third-order valence-corrected chi connectivity index (χ3v) is 4.75. The van der Waals surface area contributed by atoms with E-state index in [1.54, 1.807) is 27.7 Å². The minimum atomic E-state index is -3.51. The number of hydrogen-bond acceptors (Lipinski definition) is 7. The fourth-order valence-electron chi connectivity index (χ4n) is 1.19. The summed E-state index contributed by atoms with van der Waals surface area (Å²) in [4.78, 5) is 32.8. The Balaban J connectivity index is 4.22. The van der Waals surface area contributed by atoms with Crippen molar-refractivity contribution in [2.45, 2.75) is 41.0 Å². The molecule has 0 aliphatic carbocycles. The summed E-state index contributed by atoms with van der Waals surface area (Å²) in [6.07, 6.45) is 0.907. The van der Waals surface area contributed by atoms with Gasteiger partial charge in [0.1, 0.15) is 0 Å². The van der Waals surface area contributed by atoms with E-state index in [1.165, 1.54) is 0 Å². The van der Waals surface area contributed by atoms with Crippen LogP contribution in [-0.2, 0) is 28.1 Å². The summed E-state index contributed by atoms with van der Waals surface area (Å²) in [5.41, 5.74) is 0. The molecule has 0 heterocycles. The van der Waals surface area contributed by atoms with Gasteiger partial charge in [-0.1, -0.05) is 0 Å². The Morgan fingerprint density at radius 2 is 1.33 bits per heavy atom. The van der Waals surface area contributed by atoms with E-state index in [9.17, 15) is 14.5 Å². The summed E-state index contributed by atoms with van der Waals surface area (Å²) in [6, 6.07) is 0. The molecular weight excluding hydrogens is 299 g/mol. The molecule has 0 saturated carbocycles. The van der Waals surface area contributed by atoms with Crippen molar-refractivity contribution in [2.24, 2.45) is 11.8 Å². The van der Waals surface area contributed by atoms with E-state index in [1.807, 2.05) is 6.92 Å². The Labute approximate surface area is 126 Å². The number of esters is 2. The van der Waals surface area contributed by atoms with Crippen LogP contribution in [0, 0.1) is 11.8 Å². The monoisotopic (exact) mass is 326 g/mol. The fraction of sp³-hybridized carbons (Fsp3) is 0.846. The quantitative estimate of drug-likeness (QED) is 0.374.